The minimum absolute atomic E-state index is 0.474. The van der Waals surface area contributed by atoms with Crippen LogP contribution in [-0.2, 0) is 4.79 Å². The molecule has 62 valence electrons. The van der Waals surface area contributed by atoms with Crippen molar-refractivity contribution in [3.8, 4) is 0 Å². The van der Waals surface area contributed by atoms with Gasteiger partial charge in [0.2, 0.25) is 0 Å². The van der Waals surface area contributed by atoms with Gasteiger partial charge in [-0.3, -0.25) is 4.79 Å². The van der Waals surface area contributed by atoms with Gasteiger partial charge in [0.15, 0.2) is 0 Å². The summed E-state index contributed by atoms with van der Waals surface area (Å²) in [6, 6.07) is 7.64. The van der Waals surface area contributed by atoms with Gasteiger partial charge < -0.3 is 0 Å². The minimum Gasteiger partial charge on any atom is -0.299 e. The molecule has 12 heavy (non-hydrogen) atoms. The van der Waals surface area contributed by atoms with Gasteiger partial charge in [0.05, 0.1) is 5.03 Å². The van der Waals surface area contributed by atoms with Crippen LogP contribution in [0.2, 0.25) is 0 Å². The summed E-state index contributed by atoms with van der Waals surface area (Å²) < 4.78 is 1.15. The minimum atomic E-state index is 0.474. The van der Waals surface area contributed by atoms with Crippen LogP contribution in [0.3, 0.4) is 0 Å². The fourth-order valence-corrected chi connectivity index (χ4v) is 1.30. The number of rotatable bonds is 2. The molecule has 0 heterocycles. The molecule has 0 N–H and O–H groups in total. The molecule has 0 atom stereocenters. The molecule has 0 fully saturated rings. The third kappa shape index (κ3) is 2.60. The molecular weight excluding hydrogens is 286 g/mol. The summed E-state index contributed by atoms with van der Waals surface area (Å²) >= 11 is 8.00. The predicted octanol–water partition coefficient (Wildman–Crippen LogP) is 3.07. The largest absolute Gasteiger partial charge is 0.299 e. The Morgan fingerprint density at radius 2 is 1.92 bits per heavy atom. The molecule has 0 bridgehead atoms. The number of carbonyl (C=O) groups is 1. The van der Waals surface area contributed by atoms with E-state index < -0.39 is 0 Å². The van der Waals surface area contributed by atoms with Crippen molar-refractivity contribution in [1.29, 1.82) is 0 Å². The summed E-state index contributed by atoms with van der Waals surface area (Å²) in [7, 11) is 0. The first-order chi connectivity index (χ1) is 5.74. The van der Waals surface area contributed by atoms with E-state index in [9.17, 15) is 4.79 Å². The maximum absolute atomic E-state index is 10.1. The second-order valence-corrected chi connectivity index (χ2v) is 3.81. The Hall–Kier alpha value is -0.350. The molecule has 0 aliphatic rings. The fourth-order valence-electron chi connectivity index (χ4n) is 0.765. The molecule has 0 aromatic heterocycles. The van der Waals surface area contributed by atoms with Gasteiger partial charge >= 0.3 is 0 Å². The quantitative estimate of drug-likeness (QED) is 0.465. The van der Waals surface area contributed by atoms with E-state index >= 15 is 0 Å². The molecular formula is C9H6ClIO. The molecule has 1 nitrogen and oxygen atoms in total. The highest BCUT2D eigenvalue weighted by Gasteiger charge is 1.95. The zero-order chi connectivity index (χ0) is 8.97. The Kier molecular flexibility index (Phi) is 3.75. The molecule has 0 aliphatic carbocycles. The second kappa shape index (κ2) is 4.62. The lowest BCUT2D eigenvalue weighted by molar-refractivity contribution is -0.104. The van der Waals surface area contributed by atoms with Crippen LogP contribution in [0.1, 0.15) is 5.56 Å². The van der Waals surface area contributed by atoms with Gasteiger partial charge in [0.25, 0.3) is 0 Å². The van der Waals surface area contributed by atoms with E-state index in [1.54, 1.807) is 0 Å². The van der Waals surface area contributed by atoms with Crippen molar-refractivity contribution < 1.29 is 4.79 Å². The number of halogens is 2. The third-order valence-electron chi connectivity index (χ3n) is 1.33. The summed E-state index contributed by atoms with van der Waals surface area (Å²) in [5.74, 6) is 0. The molecule has 0 unspecified atom stereocenters. The van der Waals surface area contributed by atoms with E-state index in [-0.39, 0.29) is 0 Å². The smallest absolute Gasteiger partial charge is 0.144 e. The highest BCUT2D eigenvalue weighted by molar-refractivity contribution is 14.1. The summed E-state index contributed by atoms with van der Waals surface area (Å²) in [6.45, 7) is 0. The van der Waals surface area contributed by atoms with Crippen molar-refractivity contribution in [2.45, 2.75) is 0 Å². The molecule has 1 rings (SSSR count). The normalized spacial score (nSPS) is 11.3. The van der Waals surface area contributed by atoms with Crippen molar-refractivity contribution in [3.05, 3.63) is 39.5 Å². The van der Waals surface area contributed by atoms with Crippen LogP contribution in [0.25, 0.3) is 5.03 Å². The van der Waals surface area contributed by atoms with Gasteiger partial charge in [-0.2, -0.15) is 0 Å². The molecule has 0 radical (unpaired) electrons. The van der Waals surface area contributed by atoms with E-state index in [1.807, 2.05) is 24.3 Å². The average Bonchev–Trinajstić information content (AvgIpc) is 2.06. The van der Waals surface area contributed by atoms with Gasteiger partial charge in [0.1, 0.15) is 6.29 Å². The number of allylic oxidation sites excluding steroid dienone is 1. The number of benzene rings is 1. The van der Waals surface area contributed by atoms with Crippen LogP contribution in [-0.4, -0.2) is 6.29 Å². The zero-order valence-electron chi connectivity index (χ0n) is 6.13. The molecule has 1 aromatic carbocycles. The fraction of sp³-hybridized carbons (Fsp3) is 0. The third-order valence-corrected chi connectivity index (χ3v) is 2.40. The van der Waals surface area contributed by atoms with E-state index in [4.69, 9.17) is 11.6 Å². The number of hydrogen-bond donors (Lipinski definition) is 0. The number of carbonyl (C=O) groups excluding carboxylic acids is 1. The van der Waals surface area contributed by atoms with E-state index in [0.29, 0.717) is 11.3 Å². The maximum atomic E-state index is 10.1. The molecule has 0 saturated heterocycles. The SMILES string of the molecule is O=C/C=C(/Cl)c1ccc(I)cc1. The lowest BCUT2D eigenvalue weighted by Crippen LogP contribution is -1.77. The Morgan fingerprint density at radius 1 is 1.33 bits per heavy atom. The van der Waals surface area contributed by atoms with Crippen molar-refractivity contribution in [2.24, 2.45) is 0 Å². The number of aldehydes is 1. The van der Waals surface area contributed by atoms with Gasteiger partial charge in [-0.05, 0) is 46.4 Å². The Labute approximate surface area is 89.6 Å². The molecule has 1 aromatic rings. The van der Waals surface area contributed by atoms with Crippen molar-refractivity contribution in [2.75, 3.05) is 0 Å². The van der Waals surface area contributed by atoms with Crippen LogP contribution in [0, 0.1) is 3.57 Å². The van der Waals surface area contributed by atoms with Gasteiger partial charge in [-0.1, -0.05) is 23.7 Å². The van der Waals surface area contributed by atoms with Crippen molar-refractivity contribution in [1.82, 2.24) is 0 Å². The monoisotopic (exact) mass is 292 g/mol. The van der Waals surface area contributed by atoms with E-state index in [1.165, 1.54) is 6.08 Å². The molecule has 0 aliphatic heterocycles. The van der Waals surface area contributed by atoms with Crippen LogP contribution in [0.5, 0.6) is 0 Å². The summed E-state index contributed by atoms with van der Waals surface area (Å²) in [5.41, 5.74) is 0.865. The first-order valence-electron chi connectivity index (χ1n) is 3.31. The summed E-state index contributed by atoms with van der Waals surface area (Å²) in [5, 5.41) is 0.474. The van der Waals surface area contributed by atoms with Gasteiger partial charge in [0, 0.05) is 3.57 Å². The summed E-state index contributed by atoms with van der Waals surface area (Å²) in [6.07, 6.45) is 2.02. The second-order valence-electron chi connectivity index (χ2n) is 2.16. The maximum Gasteiger partial charge on any atom is 0.144 e. The first-order valence-corrected chi connectivity index (χ1v) is 4.76. The lowest BCUT2D eigenvalue weighted by atomic mass is 10.2. The highest BCUT2D eigenvalue weighted by Crippen LogP contribution is 2.18. The molecule has 0 amide bonds. The van der Waals surface area contributed by atoms with Gasteiger partial charge in [-0.25, -0.2) is 0 Å². The average molecular weight is 293 g/mol. The zero-order valence-corrected chi connectivity index (χ0v) is 9.04. The first kappa shape index (κ1) is 9.74. The number of hydrogen-bond acceptors (Lipinski definition) is 1. The van der Waals surface area contributed by atoms with Gasteiger partial charge in [-0.15, -0.1) is 0 Å². The van der Waals surface area contributed by atoms with E-state index in [0.717, 1.165) is 9.13 Å². The summed E-state index contributed by atoms with van der Waals surface area (Å²) in [4.78, 5) is 10.1. The Balaban J connectivity index is 2.97. The van der Waals surface area contributed by atoms with Crippen LogP contribution < -0.4 is 0 Å². The molecule has 3 heteroatoms. The van der Waals surface area contributed by atoms with Crippen LogP contribution in [0.4, 0.5) is 0 Å². The highest BCUT2D eigenvalue weighted by atomic mass is 127. The lowest BCUT2D eigenvalue weighted by Gasteiger charge is -1.96. The van der Waals surface area contributed by atoms with Crippen LogP contribution >= 0.6 is 34.2 Å². The Bertz CT molecular complexity index is 303. The topological polar surface area (TPSA) is 17.1 Å². The standard InChI is InChI=1S/C9H6ClIO/c10-9(5-6-12)7-1-3-8(11)4-2-7/h1-6H/b9-5+. The molecule has 0 saturated carbocycles. The predicted molar refractivity (Wildman–Crippen MR) is 59.1 cm³/mol. The van der Waals surface area contributed by atoms with Crippen molar-refractivity contribution in [3.63, 3.8) is 0 Å². The van der Waals surface area contributed by atoms with Crippen molar-refractivity contribution >= 4 is 45.5 Å². The van der Waals surface area contributed by atoms with Crippen LogP contribution in [0.15, 0.2) is 30.3 Å². The molecule has 0 spiro atoms. The Morgan fingerprint density at radius 3 is 2.42 bits per heavy atom. The van der Waals surface area contributed by atoms with E-state index in [2.05, 4.69) is 22.6 Å².